The summed E-state index contributed by atoms with van der Waals surface area (Å²) >= 11 is 5.82. The van der Waals surface area contributed by atoms with Crippen molar-refractivity contribution in [3.8, 4) is 11.6 Å². The Bertz CT molecular complexity index is 1490. The molecular formula is C25H24N6O3S2. The summed E-state index contributed by atoms with van der Waals surface area (Å²) in [5.74, 6) is 1.15. The third kappa shape index (κ3) is 4.62. The van der Waals surface area contributed by atoms with Crippen LogP contribution in [-0.2, 0) is 10.0 Å². The number of rotatable bonds is 7. The monoisotopic (exact) mass is 520 g/mol. The van der Waals surface area contributed by atoms with Gasteiger partial charge in [0.2, 0.25) is 10.0 Å². The predicted molar refractivity (Wildman–Crippen MR) is 143 cm³/mol. The van der Waals surface area contributed by atoms with E-state index in [0.29, 0.717) is 16.5 Å². The number of ether oxygens (including phenoxy) is 1. The number of methoxy groups -OCH3 is 1. The minimum Gasteiger partial charge on any atom is -0.494 e. The van der Waals surface area contributed by atoms with Gasteiger partial charge in [0, 0.05) is 36.0 Å². The van der Waals surface area contributed by atoms with Crippen LogP contribution in [0.4, 0.5) is 11.4 Å². The van der Waals surface area contributed by atoms with Gasteiger partial charge < -0.3 is 19.5 Å². The predicted octanol–water partition coefficient (Wildman–Crippen LogP) is 3.82. The van der Waals surface area contributed by atoms with E-state index < -0.39 is 10.0 Å². The second-order valence-corrected chi connectivity index (χ2v) is 10.4. The molecule has 1 aromatic carbocycles. The zero-order valence-electron chi connectivity index (χ0n) is 19.6. The van der Waals surface area contributed by atoms with E-state index in [1.54, 1.807) is 24.5 Å². The van der Waals surface area contributed by atoms with E-state index in [-0.39, 0.29) is 12.1 Å². The number of hydrogen-bond donors (Lipinski definition) is 2. The molecule has 2 atom stereocenters. The fourth-order valence-electron chi connectivity index (χ4n) is 4.39. The van der Waals surface area contributed by atoms with Crippen LogP contribution in [0.2, 0.25) is 0 Å². The van der Waals surface area contributed by atoms with E-state index in [4.69, 9.17) is 17.0 Å². The zero-order chi connectivity index (χ0) is 25.3. The van der Waals surface area contributed by atoms with Crippen molar-refractivity contribution in [3.05, 3.63) is 96.7 Å². The maximum absolute atomic E-state index is 11.8. The van der Waals surface area contributed by atoms with E-state index in [1.807, 2.05) is 70.3 Å². The molecule has 2 unspecified atom stereocenters. The molecule has 3 aromatic heterocycles. The van der Waals surface area contributed by atoms with Crippen molar-refractivity contribution in [2.45, 2.75) is 12.1 Å². The number of benzene rings is 1. The molecule has 0 saturated carbocycles. The fraction of sp³-hybridized carbons (Fsp3) is 0.160. The maximum Gasteiger partial charge on any atom is 0.229 e. The zero-order valence-corrected chi connectivity index (χ0v) is 21.2. The molecule has 9 nitrogen and oxygen atoms in total. The molecular weight excluding hydrogens is 496 g/mol. The van der Waals surface area contributed by atoms with Crippen molar-refractivity contribution in [3.63, 3.8) is 0 Å². The van der Waals surface area contributed by atoms with E-state index in [2.05, 4.69) is 20.0 Å². The fourth-order valence-corrected chi connectivity index (χ4v) is 5.30. The molecule has 1 aliphatic rings. The van der Waals surface area contributed by atoms with Gasteiger partial charge in [-0.05, 0) is 60.7 Å². The Labute approximate surface area is 214 Å². The number of thiocarbonyl (C=S) groups is 1. The van der Waals surface area contributed by atoms with Crippen LogP contribution in [0.1, 0.15) is 23.5 Å². The molecule has 11 heteroatoms. The topological polar surface area (TPSA) is 101 Å². The molecule has 0 aliphatic carbocycles. The average molecular weight is 521 g/mol. The van der Waals surface area contributed by atoms with Crippen LogP contribution in [0, 0.1) is 0 Å². The Morgan fingerprint density at radius 2 is 1.81 bits per heavy atom. The van der Waals surface area contributed by atoms with Crippen LogP contribution in [0.3, 0.4) is 0 Å². The van der Waals surface area contributed by atoms with Crippen molar-refractivity contribution < 1.29 is 13.2 Å². The van der Waals surface area contributed by atoms with Crippen molar-refractivity contribution in [1.82, 2.24) is 19.9 Å². The van der Waals surface area contributed by atoms with Crippen LogP contribution in [0.25, 0.3) is 5.82 Å². The van der Waals surface area contributed by atoms with Crippen molar-refractivity contribution in [2.24, 2.45) is 0 Å². The van der Waals surface area contributed by atoms with Gasteiger partial charge in [-0.15, -0.1) is 0 Å². The van der Waals surface area contributed by atoms with Crippen molar-refractivity contribution in [2.75, 3.05) is 23.0 Å². The highest BCUT2D eigenvalue weighted by Gasteiger charge is 2.42. The first-order valence-electron chi connectivity index (χ1n) is 11.1. The van der Waals surface area contributed by atoms with Gasteiger partial charge in [0.05, 0.1) is 30.8 Å². The van der Waals surface area contributed by atoms with E-state index in [0.717, 1.165) is 29.1 Å². The second-order valence-electron chi connectivity index (χ2n) is 8.25. The van der Waals surface area contributed by atoms with Gasteiger partial charge in [0.15, 0.2) is 5.11 Å². The Morgan fingerprint density at radius 3 is 2.47 bits per heavy atom. The number of nitrogens with one attached hydrogen (secondary N) is 2. The Morgan fingerprint density at radius 1 is 1.03 bits per heavy atom. The van der Waals surface area contributed by atoms with Gasteiger partial charge in [0.25, 0.3) is 0 Å². The molecule has 184 valence electrons. The van der Waals surface area contributed by atoms with Gasteiger partial charge >= 0.3 is 0 Å². The van der Waals surface area contributed by atoms with Gasteiger partial charge in [-0.25, -0.2) is 13.4 Å². The minimum absolute atomic E-state index is 0.254. The third-order valence-corrected chi connectivity index (χ3v) is 6.74. The molecule has 5 rings (SSSR count). The van der Waals surface area contributed by atoms with Crippen LogP contribution < -0.4 is 19.7 Å². The Hall–Kier alpha value is -3.96. The van der Waals surface area contributed by atoms with E-state index in [1.165, 1.54) is 7.11 Å². The molecule has 1 saturated heterocycles. The van der Waals surface area contributed by atoms with Gasteiger partial charge in [-0.1, -0.05) is 12.1 Å². The maximum atomic E-state index is 11.8. The lowest BCUT2D eigenvalue weighted by atomic mass is 10.0. The first kappa shape index (κ1) is 23.8. The van der Waals surface area contributed by atoms with E-state index in [9.17, 15) is 8.42 Å². The summed E-state index contributed by atoms with van der Waals surface area (Å²) in [5.41, 5.74) is 2.87. The van der Waals surface area contributed by atoms with Gasteiger partial charge in [0.1, 0.15) is 17.6 Å². The smallest absolute Gasteiger partial charge is 0.229 e. The molecule has 0 spiro atoms. The van der Waals surface area contributed by atoms with Crippen LogP contribution in [0.15, 0.2) is 85.3 Å². The molecule has 4 aromatic rings. The molecule has 0 radical (unpaired) electrons. The highest BCUT2D eigenvalue weighted by molar-refractivity contribution is 7.92. The number of anilines is 2. The van der Waals surface area contributed by atoms with Gasteiger partial charge in [-0.3, -0.25) is 9.71 Å². The Balaban J connectivity index is 1.64. The molecule has 0 amide bonds. The van der Waals surface area contributed by atoms with Gasteiger partial charge in [-0.2, -0.15) is 0 Å². The normalized spacial score (nSPS) is 17.6. The van der Waals surface area contributed by atoms with Crippen molar-refractivity contribution in [1.29, 1.82) is 0 Å². The number of sulfonamides is 1. The first-order chi connectivity index (χ1) is 17.4. The first-order valence-corrected chi connectivity index (χ1v) is 13.4. The number of aromatic nitrogens is 3. The molecule has 0 bridgehead atoms. The molecule has 2 N–H and O–H groups in total. The number of pyridine rings is 2. The van der Waals surface area contributed by atoms with Crippen molar-refractivity contribution >= 4 is 38.7 Å². The van der Waals surface area contributed by atoms with E-state index >= 15 is 0 Å². The quantitative estimate of drug-likeness (QED) is 0.355. The lowest BCUT2D eigenvalue weighted by Crippen LogP contribution is -2.30. The van der Waals surface area contributed by atoms with Crippen LogP contribution in [0.5, 0.6) is 5.75 Å². The molecule has 4 heterocycles. The lowest BCUT2D eigenvalue weighted by Gasteiger charge is -2.29. The third-order valence-electron chi connectivity index (χ3n) is 5.84. The van der Waals surface area contributed by atoms with Crippen LogP contribution in [-0.4, -0.2) is 41.4 Å². The second kappa shape index (κ2) is 9.59. The summed E-state index contributed by atoms with van der Waals surface area (Å²) in [6.45, 7) is 0. The highest BCUT2D eigenvalue weighted by Crippen LogP contribution is 2.43. The standard InChI is InChI=1S/C25H24N6O3S2/c1-34-21-16-17(11-12-18(21)29-36(2,32)33)31-24(23(28-25(31)35)19-8-3-5-13-26-19)20-9-7-15-30(20)22-10-4-6-14-27-22/h3-16,23-24,29H,1-2H3,(H,28,35). The SMILES string of the molecule is COc1cc(N2C(=S)NC(c3ccccn3)C2c2cccn2-c2ccccn2)ccc1NS(C)(=O)=O. The number of hydrogen-bond acceptors (Lipinski definition) is 6. The molecule has 1 fully saturated rings. The number of nitrogens with zero attached hydrogens (tertiary/aromatic N) is 4. The largest absolute Gasteiger partial charge is 0.494 e. The van der Waals surface area contributed by atoms with Crippen LogP contribution >= 0.6 is 12.2 Å². The summed E-state index contributed by atoms with van der Waals surface area (Å²) in [6, 6.07) is 20.2. The summed E-state index contributed by atoms with van der Waals surface area (Å²) in [7, 11) is -1.99. The average Bonchev–Trinajstić information content (AvgIpc) is 3.49. The Kier molecular flexibility index (Phi) is 6.33. The minimum atomic E-state index is -3.48. The molecule has 36 heavy (non-hydrogen) atoms. The molecule has 1 aliphatic heterocycles. The summed E-state index contributed by atoms with van der Waals surface area (Å²) in [5, 5.41) is 3.94. The summed E-state index contributed by atoms with van der Waals surface area (Å²) in [4.78, 5) is 11.1. The summed E-state index contributed by atoms with van der Waals surface area (Å²) in [6.07, 6.45) is 6.57. The highest BCUT2D eigenvalue weighted by atomic mass is 32.2. The lowest BCUT2D eigenvalue weighted by molar-refractivity contribution is 0.417. The summed E-state index contributed by atoms with van der Waals surface area (Å²) < 4.78 is 33.7.